The monoisotopic (exact) mass is 234 g/mol. The van der Waals surface area contributed by atoms with E-state index < -0.39 is 0 Å². The Labute approximate surface area is 101 Å². The molecule has 0 spiro atoms. The number of amides is 1. The molecule has 0 bridgehead atoms. The first-order valence-corrected chi connectivity index (χ1v) is 5.54. The highest BCUT2D eigenvalue weighted by Crippen LogP contribution is 2.11. The number of carbonyl (C=O) groups is 1. The molecule has 1 amide bonds. The summed E-state index contributed by atoms with van der Waals surface area (Å²) < 4.78 is 5.37. The van der Waals surface area contributed by atoms with Crippen molar-refractivity contribution in [1.82, 2.24) is 5.32 Å². The van der Waals surface area contributed by atoms with Crippen molar-refractivity contribution in [2.45, 2.75) is 13.0 Å². The predicted molar refractivity (Wildman–Crippen MR) is 67.7 cm³/mol. The summed E-state index contributed by atoms with van der Waals surface area (Å²) in [5.74, 6) is 0.538. The first-order chi connectivity index (χ1) is 8.22. The standard InChI is InChI=1S/C13H18N2O2/c1-2-9-17-12-5-3-11(4-6-12)10-15-8-7-13(14)16/h2-6,15H,1,7-10H2,(H2,14,16). The molecule has 0 atom stereocenters. The van der Waals surface area contributed by atoms with Crippen LogP contribution in [0.5, 0.6) is 5.75 Å². The molecule has 1 rings (SSSR count). The quantitative estimate of drug-likeness (QED) is 0.525. The average Bonchev–Trinajstić information content (AvgIpc) is 2.33. The van der Waals surface area contributed by atoms with E-state index in [1.54, 1.807) is 6.08 Å². The normalized spacial score (nSPS) is 9.88. The third kappa shape index (κ3) is 5.73. The van der Waals surface area contributed by atoms with Gasteiger partial charge in [-0.25, -0.2) is 0 Å². The topological polar surface area (TPSA) is 64.3 Å². The summed E-state index contributed by atoms with van der Waals surface area (Å²) in [5, 5.41) is 3.14. The molecule has 1 aromatic carbocycles. The molecule has 4 nitrogen and oxygen atoms in total. The lowest BCUT2D eigenvalue weighted by Gasteiger charge is -2.06. The van der Waals surface area contributed by atoms with E-state index in [0.29, 0.717) is 19.6 Å². The largest absolute Gasteiger partial charge is 0.490 e. The lowest BCUT2D eigenvalue weighted by atomic mass is 10.2. The Morgan fingerprint density at radius 2 is 2.12 bits per heavy atom. The minimum absolute atomic E-state index is 0.286. The number of primary amides is 1. The van der Waals surface area contributed by atoms with Crippen molar-refractivity contribution in [3.05, 3.63) is 42.5 Å². The van der Waals surface area contributed by atoms with Gasteiger partial charge in [-0.3, -0.25) is 4.79 Å². The number of ether oxygens (including phenoxy) is 1. The summed E-state index contributed by atoms with van der Waals surface area (Å²) >= 11 is 0. The lowest BCUT2D eigenvalue weighted by Crippen LogP contribution is -2.21. The number of hydrogen-bond acceptors (Lipinski definition) is 3. The van der Waals surface area contributed by atoms with Crippen molar-refractivity contribution in [3.63, 3.8) is 0 Å². The summed E-state index contributed by atoms with van der Waals surface area (Å²) in [6.45, 7) is 5.41. The Bertz CT molecular complexity index is 360. The van der Waals surface area contributed by atoms with Crippen molar-refractivity contribution >= 4 is 5.91 Å². The maximum absolute atomic E-state index is 10.5. The highest BCUT2D eigenvalue weighted by molar-refractivity contribution is 5.73. The molecule has 0 saturated carbocycles. The summed E-state index contributed by atoms with van der Waals surface area (Å²) in [6, 6.07) is 7.79. The molecule has 0 radical (unpaired) electrons. The van der Waals surface area contributed by atoms with Gasteiger partial charge in [0.15, 0.2) is 0 Å². The van der Waals surface area contributed by atoms with Gasteiger partial charge in [0.05, 0.1) is 0 Å². The van der Waals surface area contributed by atoms with Gasteiger partial charge >= 0.3 is 0 Å². The maximum atomic E-state index is 10.5. The van der Waals surface area contributed by atoms with Crippen LogP contribution in [0.3, 0.4) is 0 Å². The van der Waals surface area contributed by atoms with Gasteiger partial charge in [0.2, 0.25) is 5.91 Å². The van der Waals surface area contributed by atoms with Crippen LogP contribution in [0.4, 0.5) is 0 Å². The van der Waals surface area contributed by atoms with Crippen molar-refractivity contribution < 1.29 is 9.53 Å². The Balaban J connectivity index is 2.29. The molecule has 0 aliphatic rings. The van der Waals surface area contributed by atoms with E-state index in [4.69, 9.17) is 10.5 Å². The minimum Gasteiger partial charge on any atom is -0.490 e. The summed E-state index contributed by atoms with van der Waals surface area (Å²) in [6.07, 6.45) is 2.07. The Hall–Kier alpha value is -1.81. The third-order valence-corrected chi connectivity index (χ3v) is 2.17. The second-order valence-corrected chi connectivity index (χ2v) is 3.64. The van der Waals surface area contributed by atoms with Crippen LogP contribution in [0.15, 0.2) is 36.9 Å². The SMILES string of the molecule is C=CCOc1ccc(CNCCC(N)=O)cc1. The van der Waals surface area contributed by atoms with Crippen LogP contribution in [-0.4, -0.2) is 19.1 Å². The molecule has 0 fully saturated rings. The minimum atomic E-state index is -0.286. The number of carbonyl (C=O) groups excluding carboxylic acids is 1. The van der Waals surface area contributed by atoms with Gasteiger partial charge in [0.25, 0.3) is 0 Å². The predicted octanol–water partition coefficient (Wildman–Crippen LogP) is 1.22. The second-order valence-electron chi connectivity index (χ2n) is 3.64. The number of benzene rings is 1. The van der Waals surface area contributed by atoms with Crippen molar-refractivity contribution in [2.75, 3.05) is 13.2 Å². The molecule has 0 unspecified atom stereocenters. The molecule has 17 heavy (non-hydrogen) atoms. The molecule has 4 heteroatoms. The van der Waals surface area contributed by atoms with E-state index in [-0.39, 0.29) is 5.91 Å². The van der Waals surface area contributed by atoms with Gasteiger partial charge in [-0.05, 0) is 17.7 Å². The first-order valence-electron chi connectivity index (χ1n) is 5.54. The smallest absolute Gasteiger partial charge is 0.218 e. The Morgan fingerprint density at radius 3 is 2.71 bits per heavy atom. The van der Waals surface area contributed by atoms with E-state index in [1.807, 2.05) is 24.3 Å². The van der Waals surface area contributed by atoms with Gasteiger partial charge in [-0.15, -0.1) is 0 Å². The molecule has 0 aliphatic carbocycles. The van der Waals surface area contributed by atoms with Gasteiger partial charge in [-0.2, -0.15) is 0 Å². The number of nitrogens with one attached hydrogen (secondary N) is 1. The fourth-order valence-electron chi connectivity index (χ4n) is 1.30. The molecule has 0 saturated heterocycles. The molecule has 0 heterocycles. The van der Waals surface area contributed by atoms with Crippen LogP contribution in [0.2, 0.25) is 0 Å². The molecule has 0 aromatic heterocycles. The molecular weight excluding hydrogens is 216 g/mol. The fraction of sp³-hybridized carbons (Fsp3) is 0.308. The maximum Gasteiger partial charge on any atom is 0.218 e. The zero-order valence-corrected chi connectivity index (χ0v) is 9.82. The fourth-order valence-corrected chi connectivity index (χ4v) is 1.30. The van der Waals surface area contributed by atoms with E-state index in [9.17, 15) is 4.79 Å². The van der Waals surface area contributed by atoms with Crippen LogP contribution in [-0.2, 0) is 11.3 Å². The van der Waals surface area contributed by atoms with Crippen molar-refractivity contribution in [3.8, 4) is 5.75 Å². The molecule has 92 valence electrons. The molecule has 0 aliphatic heterocycles. The second kappa shape index (κ2) is 7.46. The average molecular weight is 234 g/mol. The summed E-state index contributed by atoms with van der Waals surface area (Å²) in [5.41, 5.74) is 6.17. The molecule has 3 N–H and O–H groups in total. The van der Waals surface area contributed by atoms with E-state index in [2.05, 4.69) is 11.9 Å². The Morgan fingerprint density at radius 1 is 1.41 bits per heavy atom. The highest BCUT2D eigenvalue weighted by Gasteiger charge is 1.96. The zero-order chi connectivity index (χ0) is 12.5. The third-order valence-electron chi connectivity index (χ3n) is 2.17. The van der Waals surface area contributed by atoms with Crippen LogP contribution < -0.4 is 15.8 Å². The number of nitrogens with two attached hydrogens (primary N) is 1. The lowest BCUT2D eigenvalue weighted by molar-refractivity contribution is -0.117. The van der Waals surface area contributed by atoms with Gasteiger partial charge in [-0.1, -0.05) is 24.8 Å². The highest BCUT2D eigenvalue weighted by atomic mass is 16.5. The molecule has 1 aromatic rings. The zero-order valence-electron chi connectivity index (χ0n) is 9.82. The van der Waals surface area contributed by atoms with Crippen molar-refractivity contribution in [1.29, 1.82) is 0 Å². The van der Waals surface area contributed by atoms with E-state index in [0.717, 1.165) is 17.9 Å². The molecular formula is C13H18N2O2. The Kier molecular flexibility index (Phi) is 5.82. The number of hydrogen-bond donors (Lipinski definition) is 2. The summed E-state index contributed by atoms with van der Waals surface area (Å²) in [4.78, 5) is 10.5. The van der Waals surface area contributed by atoms with Crippen molar-refractivity contribution in [2.24, 2.45) is 5.73 Å². The van der Waals surface area contributed by atoms with Crippen LogP contribution in [0.1, 0.15) is 12.0 Å². The van der Waals surface area contributed by atoms with E-state index in [1.165, 1.54) is 0 Å². The summed E-state index contributed by atoms with van der Waals surface area (Å²) in [7, 11) is 0. The first kappa shape index (κ1) is 13.3. The van der Waals surface area contributed by atoms with E-state index >= 15 is 0 Å². The van der Waals surface area contributed by atoms with Gasteiger partial charge in [0.1, 0.15) is 12.4 Å². The van der Waals surface area contributed by atoms with Gasteiger partial charge < -0.3 is 15.8 Å². The van der Waals surface area contributed by atoms with Crippen LogP contribution in [0, 0.1) is 0 Å². The van der Waals surface area contributed by atoms with Crippen LogP contribution >= 0.6 is 0 Å². The van der Waals surface area contributed by atoms with Gasteiger partial charge in [0, 0.05) is 19.5 Å². The van der Waals surface area contributed by atoms with Crippen LogP contribution in [0.25, 0.3) is 0 Å². The number of rotatable bonds is 8.